The molecule has 0 bridgehead atoms. The lowest BCUT2D eigenvalue weighted by molar-refractivity contribution is 0.102. The van der Waals surface area contributed by atoms with Gasteiger partial charge >= 0.3 is 0 Å². The third kappa shape index (κ3) is 3.54. The molecule has 0 aliphatic heterocycles. The summed E-state index contributed by atoms with van der Waals surface area (Å²) in [4.78, 5) is 16.1. The Bertz CT molecular complexity index is 617. The number of benzene rings is 1. The van der Waals surface area contributed by atoms with E-state index in [4.69, 9.17) is 4.74 Å². The van der Waals surface area contributed by atoms with Crippen molar-refractivity contribution in [2.75, 3.05) is 11.9 Å². The predicted octanol–water partition coefficient (Wildman–Crippen LogP) is 3.63. The van der Waals surface area contributed by atoms with Crippen LogP contribution in [0.4, 0.5) is 10.1 Å². The minimum absolute atomic E-state index is 0.345. The average Bonchev–Trinajstić information content (AvgIpc) is 2.41. The molecule has 0 aliphatic carbocycles. The van der Waals surface area contributed by atoms with Gasteiger partial charge in [0.2, 0.25) is 5.88 Å². The number of halogens is 2. The van der Waals surface area contributed by atoms with Gasteiger partial charge < -0.3 is 10.1 Å². The van der Waals surface area contributed by atoms with E-state index in [9.17, 15) is 9.18 Å². The number of carbonyl (C=O) groups excluding carboxylic acids is 1. The van der Waals surface area contributed by atoms with E-state index in [0.29, 0.717) is 28.2 Å². The first-order valence-electron chi connectivity index (χ1n) is 5.95. The largest absolute Gasteiger partial charge is 0.478 e. The summed E-state index contributed by atoms with van der Waals surface area (Å²) in [5.74, 6) is -0.257. The molecule has 0 spiro atoms. The maximum Gasteiger partial charge on any atom is 0.256 e. The van der Waals surface area contributed by atoms with Crippen LogP contribution >= 0.6 is 15.9 Å². The van der Waals surface area contributed by atoms with Gasteiger partial charge in [-0.1, -0.05) is 0 Å². The second-order valence-electron chi connectivity index (χ2n) is 3.90. The first-order valence-corrected chi connectivity index (χ1v) is 6.74. The van der Waals surface area contributed by atoms with Crippen molar-refractivity contribution < 1.29 is 13.9 Å². The Morgan fingerprint density at radius 1 is 1.40 bits per heavy atom. The predicted molar refractivity (Wildman–Crippen MR) is 77.5 cm³/mol. The highest BCUT2D eigenvalue weighted by Gasteiger charge is 2.11. The molecule has 2 rings (SSSR count). The van der Waals surface area contributed by atoms with Crippen LogP contribution in [0, 0.1) is 5.82 Å². The van der Waals surface area contributed by atoms with Crippen LogP contribution in [-0.2, 0) is 0 Å². The fourth-order valence-electron chi connectivity index (χ4n) is 1.56. The van der Waals surface area contributed by atoms with Crippen LogP contribution in [0.2, 0.25) is 0 Å². The summed E-state index contributed by atoms with van der Waals surface area (Å²) >= 11 is 3.16. The maximum atomic E-state index is 13.0. The number of carbonyl (C=O) groups is 1. The lowest BCUT2D eigenvalue weighted by atomic mass is 10.2. The number of aromatic nitrogens is 1. The van der Waals surface area contributed by atoms with Gasteiger partial charge in [-0.05, 0) is 47.1 Å². The Hall–Kier alpha value is -1.95. The summed E-state index contributed by atoms with van der Waals surface area (Å²) in [5, 5.41) is 2.68. The number of hydrogen-bond acceptors (Lipinski definition) is 3. The SMILES string of the molecule is CCOc1ccc(NC(=O)c2ccc(F)cc2Br)cn1. The van der Waals surface area contributed by atoms with Crippen LogP contribution in [0.3, 0.4) is 0 Å². The van der Waals surface area contributed by atoms with Crippen LogP contribution in [0.1, 0.15) is 17.3 Å². The van der Waals surface area contributed by atoms with Crippen molar-refractivity contribution in [3.05, 3.63) is 52.4 Å². The number of amides is 1. The summed E-state index contributed by atoms with van der Waals surface area (Å²) in [7, 11) is 0. The van der Waals surface area contributed by atoms with E-state index in [0.717, 1.165) is 0 Å². The van der Waals surface area contributed by atoms with Gasteiger partial charge in [-0.3, -0.25) is 4.79 Å². The molecule has 1 aromatic carbocycles. The van der Waals surface area contributed by atoms with E-state index in [2.05, 4.69) is 26.2 Å². The lowest BCUT2D eigenvalue weighted by Gasteiger charge is -2.07. The number of rotatable bonds is 4. The molecule has 0 saturated carbocycles. The van der Waals surface area contributed by atoms with Gasteiger partial charge in [-0.15, -0.1) is 0 Å². The van der Waals surface area contributed by atoms with Crippen molar-refractivity contribution in [1.82, 2.24) is 4.98 Å². The van der Waals surface area contributed by atoms with E-state index in [1.807, 2.05) is 6.92 Å². The van der Waals surface area contributed by atoms with E-state index in [1.165, 1.54) is 24.4 Å². The zero-order valence-electron chi connectivity index (χ0n) is 10.7. The summed E-state index contributed by atoms with van der Waals surface area (Å²) < 4.78 is 18.6. The molecule has 0 saturated heterocycles. The fraction of sp³-hybridized carbons (Fsp3) is 0.143. The Morgan fingerprint density at radius 3 is 2.80 bits per heavy atom. The number of nitrogens with one attached hydrogen (secondary N) is 1. The molecule has 1 N–H and O–H groups in total. The molecule has 0 radical (unpaired) electrons. The first kappa shape index (κ1) is 14.5. The minimum Gasteiger partial charge on any atom is -0.478 e. The van der Waals surface area contributed by atoms with Gasteiger partial charge in [-0.25, -0.2) is 9.37 Å². The minimum atomic E-state index is -0.406. The van der Waals surface area contributed by atoms with Crippen molar-refractivity contribution in [2.45, 2.75) is 6.92 Å². The molecule has 2 aromatic rings. The summed E-state index contributed by atoms with van der Waals surface area (Å²) in [5.41, 5.74) is 0.884. The number of anilines is 1. The van der Waals surface area contributed by atoms with Crippen molar-refractivity contribution in [3.8, 4) is 5.88 Å². The Labute approximate surface area is 124 Å². The molecule has 0 fully saturated rings. The van der Waals surface area contributed by atoms with Crippen LogP contribution in [-0.4, -0.2) is 17.5 Å². The van der Waals surface area contributed by atoms with Gasteiger partial charge in [0.25, 0.3) is 5.91 Å². The number of pyridine rings is 1. The zero-order chi connectivity index (χ0) is 14.5. The smallest absolute Gasteiger partial charge is 0.256 e. The van der Waals surface area contributed by atoms with Gasteiger partial charge in [-0.2, -0.15) is 0 Å². The van der Waals surface area contributed by atoms with Crippen molar-refractivity contribution in [2.24, 2.45) is 0 Å². The van der Waals surface area contributed by atoms with Gasteiger partial charge in [0.15, 0.2) is 0 Å². The van der Waals surface area contributed by atoms with Crippen LogP contribution in [0.25, 0.3) is 0 Å². The van der Waals surface area contributed by atoms with Gasteiger partial charge in [0.1, 0.15) is 5.82 Å². The summed E-state index contributed by atoms with van der Waals surface area (Å²) in [6.07, 6.45) is 1.50. The van der Waals surface area contributed by atoms with Crippen molar-refractivity contribution >= 4 is 27.5 Å². The normalized spacial score (nSPS) is 10.2. The maximum absolute atomic E-state index is 13.0. The van der Waals surface area contributed by atoms with E-state index in [-0.39, 0.29) is 5.91 Å². The quantitative estimate of drug-likeness (QED) is 0.925. The summed E-state index contributed by atoms with van der Waals surface area (Å²) in [6.45, 7) is 2.39. The average molecular weight is 339 g/mol. The number of ether oxygens (including phenoxy) is 1. The molecule has 0 unspecified atom stereocenters. The molecule has 1 heterocycles. The third-order valence-corrected chi connectivity index (χ3v) is 3.12. The second-order valence-corrected chi connectivity index (χ2v) is 4.75. The Balaban J connectivity index is 2.11. The van der Waals surface area contributed by atoms with E-state index in [1.54, 1.807) is 12.1 Å². The van der Waals surface area contributed by atoms with Crippen molar-refractivity contribution in [1.29, 1.82) is 0 Å². The van der Waals surface area contributed by atoms with E-state index < -0.39 is 5.82 Å². The van der Waals surface area contributed by atoms with Crippen molar-refractivity contribution in [3.63, 3.8) is 0 Å². The second kappa shape index (κ2) is 6.47. The molecular formula is C14H12BrFN2O2. The van der Waals surface area contributed by atoms with Gasteiger partial charge in [0, 0.05) is 10.5 Å². The first-order chi connectivity index (χ1) is 9.60. The third-order valence-electron chi connectivity index (χ3n) is 2.46. The van der Waals surface area contributed by atoms with Crippen LogP contribution in [0.15, 0.2) is 41.0 Å². The fourth-order valence-corrected chi connectivity index (χ4v) is 2.09. The molecular weight excluding hydrogens is 327 g/mol. The molecule has 104 valence electrons. The monoisotopic (exact) mass is 338 g/mol. The number of nitrogens with zero attached hydrogens (tertiary/aromatic N) is 1. The molecule has 1 aromatic heterocycles. The Kier molecular flexibility index (Phi) is 4.68. The molecule has 6 heteroatoms. The highest BCUT2D eigenvalue weighted by molar-refractivity contribution is 9.10. The highest BCUT2D eigenvalue weighted by atomic mass is 79.9. The van der Waals surface area contributed by atoms with Gasteiger partial charge in [0.05, 0.1) is 24.1 Å². The van der Waals surface area contributed by atoms with E-state index >= 15 is 0 Å². The molecule has 0 atom stereocenters. The van der Waals surface area contributed by atoms with Crippen LogP contribution < -0.4 is 10.1 Å². The topological polar surface area (TPSA) is 51.2 Å². The van der Waals surface area contributed by atoms with Crippen LogP contribution in [0.5, 0.6) is 5.88 Å². The molecule has 0 aliphatic rings. The Morgan fingerprint density at radius 2 is 2.20 bits per heavy atom. The molecule has 1 amide bonds. The molecule has 4 nitrogen and oxygen atoms in total. The number of hydrogen-bond donors (Lipinski definition) is 1. The molecule has 20 heavy (non-hydrogen) atoms. The lowest BCUT2D eigenvalue weighted by Crippen LogP contribution is -2.13. The zero-order valence-corrected chi connectivity index (χ0v) is 12.3. The summed E-state index contributed by atoms with van der Waals surface area (Å²) in [6, 6.07) is 7.24. The highest BCUT2D eigenvalue weighted by Crippen LogP contribution is 2.20. The standard InChI is InChI=1S/C14H12BrFN2O2/c1-2-20-13-6-4-10(8-17-13)18-14(19)11-5-3-9(16)7-12(11)15/h3-8H,2H2,1H3,(H,18,19).